The van der Waals surface area contributed by atoms with Crippen LogP contribution in [0.3, 0.4) is 0 Å². The second-order valence-electron chi connectivity index (χ2n) is 7.57. The van der Waals surface area contributed by atoms with E-state index in [9.17, 15) is 57.1 Å². The average Bonchev–Trinajstić information content (AvgIpc) is 2.69. The summed E-state index contributed by atoms with van der Waals surface area (Å²) in [7, 11) is 0. The molecule has 35 heavy (non-hydrogen) atoms. The summed E-state index contributed by atoms with van der Waals surface area (Å²) in [4.78, 5) is 0. The van der Waals surface area contributed by atoms with E-state index < -0.39 is 75.1 Å². The van der Waals surface area contributed by atoms with Gasteiger partial charge in [0.15, 0.2) is 0 Å². The maximum absolute atomic E-state index is 15.2. The average molecular weight is 528 g/mol. The lowest BCUT2D eigenvalue weighted by Crippen LogP contribution is -2.54. The Morgan fingerprint density at radius 1 is 0.429 bits per heavy atom. The van der Waals surface area contributed by atoms with Crippen molar-refractivity contribution in [2.24, 2.45) is 0 Å². The Balaban J connectivity index is 2.57. The van der Waals surface area contributed by atoms with Crippen LogP contribution in [0.5, 0.6) is 0 Å². The number of hydrogen-bond acceptors (Lipinski definition) is 0. The lowest BCUT2D eigenvalue weighted by Gasteiger charge is -2.34. The molecule has 0 aromatic heterocycles. The Kier molecular flexibility index (Phi) is 6.01. The third-order valence-electron chi connectivity index (χ3n) is 5.49. The first-order chi connectivity index (χ1) is 15.7. The van der Waals surface area contributed by atoms with Gasteiger partial charge in [0.1, 0.15) is 0 Å². The Hall–Kier alpha value is -2.80. The zero-order valence-corrected chi connectivity index (χ0v) is 16.6. The summed E-state index contributed by atoms with van der Waals surface area (Å²) in [6, 6.07) is 5.43. The molecule has 0 radical (unpaired) electrons. The number of benzene rings is 3. The summed E-state index contributed by atoms with van der Waals surface area (Å²) in [6.45, 7) is 0. The first-order valence-electron chi connectivity index (χ1n) is 9.26. The molecule has 3 aromatic carbocycles. The van der Waals surface area contributed by atoms with Crippen molar-refractivity contribution >= 4 is 21.5 Å². The fourth-order valence-corrected chi connectivity index (χ4v) is 3.83. The SMILES string of the molecule is FC(F)(F)C(F)(Cc1c2ccccc2c(C(F)(C(F)(F)F)C(F)(F)F)c2ccccc12)C(F)(F)F. The molecule has 0 aliphatic heterocycles. The molecular weight excluding hydrogens is 518 g/mol. The van der Waals surface area contributed by atoms with Crippen molar-refractivity contribution in [1.29, 1.82) is 0 Å². The van der Waals surface area contributed by atoms with Crippen LogP contribution < -0.4 is 0 Å². The zero-order valence-electron chi connectivity index (χ0n) is 16.6. The Labute approximate surface area is 186 Å². The largest absolute Gasteiger partial charge is 0.435 e. The van der Waals surface area contributed by atoms with Gasteiger partial charge >= 0.3 is 36.0 Å². The smallest absolute Gasteiger partial charge is 0.223 e. The monoisotopic (exact) mass is 528 g/mol. The molecule has 3 aromatic rings. The van der Waals surface area contributed by atoms with Crippen molar-refractivity contribution in [3.63, 3.8) is 0 Å². The van der Waals surface area contributed by atoms with Gasteiger partial charge in [0.25, 0.3) is 0 Å². The maximum Gasteiger partial charge on any atom is 0.435 e. The van der Waals surface area contributed by atoms with Gasteiger partial charge in [-0.1, -0.05) is 48.5 Å². The van der Waals surface area contributed by atoms with Crippen LogP contribution in [0.25, 0.3) is 21.5 Å². The third kappa shape index (κ3) is 3.94. The number of halogens is 14. The second kappa shape index (κ2) is 7.85. The highest BCUT2D eigenvalue weighted by Crippen LogP contribution is 2.57. The molecule has 0 nitrogen and oxygen atoms in total. The minimum atomic E-state index is -6.64. The fraction of sp³-hybridized carbons (Fsp3) is 0.333. The summed E-state index contributed by atoms with van der Waals surface area (Å²) in [5.74, 6) is 0. The molecule has 0 aliphatic carbocycles. The van der Waals surface area contributed by atoms with Crippen LogP contribution in [0.1, 0.15) is 11.1 Å². The maximum atomic E-state index is 15.2. The quantitative estimate of drug-likeness (QED) is 0.236. The molecule has 0 atom stereocenters. The number of alkyl halides is 14. The molecule has 0 saturated carbocycles. The molecule has 192 valence electrons. The van der Waals surface area contributed by atoms with Gasteiger partial charge < -0.3 is 0 Å². The van der Waals surface area contributed by atoms with E-state index in [1.54, 1.807) is 0 Å². The third-order valence-corrected chi connectivity index (χ3v) is 5.49. The van der Waals surface area contributed by atoms with E-state index in [1.807, 2.05) is 0 Å². The van der Waals surface area contributed by atoms with E-state index in [2.05, 4.69) is 0 Å². The van der Waals surface area contributed by atoms with Gasteiger partial charge in [0.2, 0.25) is 0 Å². The standard InChI is InChI=1S/C21H10F14/c22-16(18(24,25)26,19(27,28)29)9-14-10-5-1-3-7-12(10)15(13-8-4-2-6-11(13)14)17(23,20(30,31)32)21(33,34)35/h1-8H,9H2. The topological polar surface area (TPSA) is 0 Å². The van der Waals surface area contributed by atoms with E-state index in [1.165, 1.54) is 0 Å². The summed E-state index contributed by atoms with van der Waals surface area (Å²) >= 11 is 0. The van der Waals surface area contributed by atoms with Crippen LogP contribution in [-0.2, 0) is 12.1 Å². The van der Waals surface area contributed by atoms with Crippen LogP contribution in [0.4, 0.5) is 61.5 Å². The highest BCUT2D eigenvalue weighted by atomic mass is 19.4. The molecule has 0 spiro atoms. The molecule has 0 N–H and O–H groups in total. The lowest BCUT2D eigenvalue weighted by molar-refractivity contribution is -0.347. The number of rotatable bonds is 3. The summed E-state index contributed by atoms with van der Waals surface area (Å²) in [5.41, 5.74) is -15.3. The highest BCUT2D eigenvalue weighted by Gasteiger charge is 2.75. The van der Waals surface area contributed by atoms with Gasteiger partial charge in [-0.05, 0) is 27.1 Å². The van der Waals surface area contributed by atoms with Crippen molar-refractivity contribution < 1.29 is 61.5 Å². The van der Waals surface area contributed by atoms with Crippen LogP contribution in [0.2, 0.25) is 0 Å². The van der Waals surface area contributed by atoms with Gasteiger partial charge in [0.05, 0.1) is 0 Å². The highest BCUT2D eigenvalue weighted by molar-refractivity contribution is 6.06. The van der Waals surface area contributed by atoms with E-state index >= 15 is 4.39 Å². The van der Waals surface area contributed by atoms with Crippen LogP contribution in [0.15, 0.2) is 48.5 Å². The molecule has 0 saturated heterocycles. The molecule has 0 amide bonds. The minimum Gasteiger partial charge on any atom is -0.223 e. The van der Waals surface area contributed by atoms with Crippen molar-refractivity contribution in [2.75, 3.05) is 0 Å². The first kappa shape index (κ1) is 26.8. The molecule has 0 heterocycles. The lowest BCUT2D eigenvalue weighted by atomic mass is 9.80. The van der Waals surface area contributed by atoms with E-state index in [4.69, 9.17) is 0 Å². The first-order valence-corrected chi connectivity index (χ1v) is 9.26. The fourth-order valence-electron chi connectivity index (χ4n) is 3.83. The predicted molar refractivity (Wildman–Crippen MR) is 96.0 cm³/mol. The van der Waals surface area contributed by atoms with Gasteiger partial charge in [-0.2, -0.15) is 52.7 Å². The zero-order chi connectivity index (χ0) is 26.8. The van der Waals surface area contributed by atoms with Crippen LogP contribution in [0, 0.1) is 0 Å². The second-order valence-corrected chi connectivity index (χ2v) is 7.57. The summed E-state index contributed by atoms with van der Waals surface area (Å²) in [5, 5.41) is -4.67. The molecule has 14 heteroatoms. The van der Waals surface area contributed by atoms with Crippen molar-refractivity contribution in [3.05, 3.63) is 59.7 Å². The Bertz CT molecular complexity index is 1160. The summed E-state index contributed by atoms with van der Waals surface area (Å²) in [6.07, 6.45) is -28.9. The van der Waals surface area contributed by atoms with Crippen molar-refractivity contribution in [3.8, 4) is 0 Å². The molecule has 0 unspecified atom stereocenters. The van der Waals surface area contributed by atoms with E-state index in [-0.39, 0.29) is 0 Å². The van der Waals surface area contributed by atoms with Gasteiger partial charge in [0, 0.05) is 12.0 Å². The van der Waals surface area contributed by atoms with Crippen molar-refractivity contribution in [1.82, 2.24) is 0 Å². The van der Waals surface area contributed by atoms with Gasteiger partial charge in [-0.15, -0.1) is 0 Å². The molecule has 0 fully saturated rings. The van der Waals surface area contributed by atoms with Crippen LogP contribution >= 0.6 is 0 Å². The van der Waals surface area contributed by atoms with Crippen LogP contribution in [-0.4, -0.2) is 30.4 Å². The number of fused-ring (bicyclic) bond motifs is 2. The molecule has 0 aliphatic rings. The number of hydrogen-bond donors (Lipinski definition) is 0. The minimum absolute atomic E-state index is 0.466. The molecule has 0 bridgehead atoms. The van der Waals surface area contributed by atoms with Gasteiger partial charge in [-0.25, -0.2) is 8.78 Å². The van der Waals surface area contributed by atoms with E-state index in [0.717, 1.165) is 24.3 Å². The summed E-state index contributed by atoms with van der Waals surface area (Å²) < 4.78 is 190. The Morgan fingerprint density at radius 3 is 1.03 bits per heavy atom. The molecular formula is C21H10F14. The normalized spacial score (nSPS) is 14.7. The van der Waals surface area contributed by atoms with Gasteiger partial charge in [-0.3, -0.25) is 0 Å². The molecule has 3 rings (SSSR count). The van der Waals surface area contributed by atoms with E-state index in [0.29, 0.717) is 24.3 Å². The predicted octanol–water partition coefficient (Wildman–Crippen LogP) is 8.66. The Morgan fingerprint density at radius 2 is 0.743 bits per heavy atom. The van der Waals surface area contributed by atoms with Crippen molar-refractivity contribution in [2.45, 2.75) is 42.5 Å².